The van der Waals surface area contributed by atoms with Crippen LogP contribution in [0.5, 0.6) is 5.75 Å². The number of ether oxygens (including phenoxy) is 1. The number of aromatic nitrogens is 1. The highest BCUT2D eigenvalue weighted by Crippen LogP contribution is 2.35. The molecule has 1 heterocycles. The van der Waals surface area contributed by atoms with E-state index in [9.17, 15) is 4.79 Å². The summed E-state index contributed by atoms with van der Waals surface area (Å²) in [6, 6.07) is 11.9. The van der Waals surface area contributed by atoms with E-state index in [1.165, 1.54) is 5.56 Å². The molecule has 6 heteroatoms. The lowest BCUT2D eigenvalue weighted by Crippen LogP contribution is -2.26. The maximum atomic E-state index is 12.5. The molecule has 0 atom stereocenters. The summed E-state index contributed by atoms with van der Waals surface area (Å²) >= 11 is 12.3. The first-order valence-corrected chi connectivity index (χ1v) is 10.4. The van der Waals surface area contributed by atoms with Crippen LogP contribution >= 0.6 is 23.8 Å². The summed E-state index contributed by atoms with van der Waals surface area (Å²) < 4.78 is 7.41. The van der Waals surface area contributed by atoms with Gasteiger partial charge in [-0.15, -0.1) is 0 Å². The smallest absolute Gasteiger partial charge is 0.224 e. The Bertz CT molecular complexity index is 1070. The van der Waals surface area contributed by atoms with Gasteiger partial charge in [0.05, 0.1) is 24.1 Å². The number of methoxy groups -OCH3 is 1. The number of aryl methyl sites for hydroxylation is 1. The molecule has 2 aromatic carbocycles. The van der Waals surface area contributed by atoms with Crippen LogP contribution in [0.3, 0.4) is 0 Å². The Kier molecular flexibility index (Phi) is 6.60. The van der Waals surface area contributed by atoms with E-state index in [-0.39, 0.29) is 12.3 Å². The van der Waals surface area contributed by atoms with Crippen molar-refractivity contribution in [3.05, 3.63) is 63.8 Å². The van der Waals surface area contributed by atoms with E-state index in [4.69, 9.17) is 28.6 Å². The Balaban J connectivity index is 2.17. The fraction of sp³-hybridized carbons (Fsp3) is 0.304. The molecular weight excluding hydrogens is 404 g/mol. The zero-order valence-corrected chi connectivity index (χ0v) is 18.7. The summed E-state index contributed by atoms with van der Waals surface area (Å²) in [7, 11) is 1.58. The number of nitrogens with one attached hydrogen (secondary N) is 1. The quantitative estimate of drug-likeness (QED) is 0.548. The average Bonchev–Trinajstić information content (AvgIpc) is 2.96. The molecule has 4 nitrogen and oxygen atoms in total. The third-order valence-corrected chi connectivity index (χ3v) is 5.73. The zero-order chi connectivity index (χ0) is 21.1. The normalized spacial score (nSPS) is 10.9. The van der Waals surface area contributed by atoms with Gasteiger partial charge in [0.15, 0.2) is 0 Å². The number of rotatable bonds is 6. The second-order valence-corrected chi connectivity index (χ2v) is 7.90. The molecular formula is C23H25ClN2O2S. The Morgan fingerprint density at radius 2 is 1.90 bits per heavy atom. The van der Waals surface area contributed by atoms with Gasteiger partial charge in [-0.05, 0) is 38.0 Å². The van der Waals surface area contributed by atoms with Gasteiger partial charge in [0.2, 0.25) is 5.91 Å². The lowest BCUT2D eigenvalue weighted by Gasteiger charge is -2.12. The summed E-state index contributed by atoms with van der Waals surface area (Å²) in [5, 5.41) is 4.38. The maximum absolute atomic E-state index is 12.5. The van der Waals surface area contributed by atoms with Gasteiger partial charge < -0.3 is 14.6 Å². The Labute approximate surface area is 181 Å². The van der Waals surface area contributed by atoms with Gasteiger partial charge in [-0.3, -0.25) is 4.79 Å². The zero-order valence-electron chi connectivity index (χ0n) is 17.1. The first kappa shape index (κ1) is 21.3. The number of nitrogens with zero attached hydrogens (tertiary/aromatic N) is 1. The van der Waals surface area contributed by atoms with Crippen molar-refractivity contribution in [1.29, 1.82) is 0 Å². The molecule has 3 rings (SSSR count). The first-order valence-electron chi connectivity index (χ1n) is 9.62. The second-order valence-electron chi connectivity index (χ2n) is 7.10. The predicted molar refractivity (Wildman–Crippen MR) is 124 cm³/mol. The number of carbonyl (C=O) groups is 1. The van der Waals surface area contributed by atoms with Crippen LogP contribution in [-0.4, -0.2) is 29.1 Å². The third kappa shape index (κ3) is 4.31. The first-order chi connectivity index (χ1) is 13.9. The molecule has 3 aromatic rings. The summed E-state index contributed by atoms with van der Waals surface area (Å²) in [5.74, 6) is 0.567. The van der Waals surface area contributed by atoms with Gasteiger partial charge >= 0.3 is 0 Å². The number of benzene rings is 2. The molecule has 1 aromatic heterocycles. The molecule has 1 N–H and O–H groups in total. The number of fused-ring (bicyclic) bond motifs is 1. The van der Waals surface area contributed by atoms with Crippen molar-refractivity contribution < 1.29 is 9.53 Å². The molecule has 0 aliphatic heterocycles. The monoisotopic (exact) mass is 428 g/mol. The second kappa shape index (κ2) is 8.97. The summed E-state index contributed by atoms with van der Waals surface area (Å²) in [5.41, 5.74) is 4.85. The fourth-order valence-corrected chi connectivity index (χ4v) is 4.04. The lowest BCUT2D eigenvalue weighted by molar-refractivity contribution is -0.120. The summed E-state index contributed by atoms with van der Waals surface area (Å²) in [4.78, 5) is 13.1. The molecule has 152 valence electrons. The highest BCUT2D eigenvalue weighted by atomic mass is 35.5. The third-order valence-electron chi connectivity index (χ3n) is 5.02. The highest BCUT2D eigenvalue weighted by Gasteiger charge is 2.21. The minimum absolute atomic E-state index is 0.0100. The van der Waals surface area contributed by atoms with Crippen LogP contribution in [0.1, 0.15) is 35.7 Å². The van der Waals surface area contributed by atoms with Crippen molar-refractivity contribution in [3.63, 3.8) is 0 Å². The van der Waals surface area contributed by atoms with Gasteiger partial charge in [-0.25, -0.2) is 0 Å². The van der Waals surface area contributed by atoms with Crippen molar-refractivity contribution in [2.24, 2.45) is 0 Å². The van der Waals surface area contributed by atoms with E-state index in [1.54, 1.807) is 7.11 Å². The minimum Gasteiger partial charge on any atom is -0.495 e. The van der Waals surface area contributed by atoms with Gasteiger partial charge in [-0.2, -0.15) is 0 Å². The van der Waals surface area contributed by atoms with Crippen LogP contribution in [-0.2, 0) is 11.2 Å². The predicted octanol–water partition coefficient (Wildman–Crippen LogP) is 5.21. The highest BCUT2D eigenvalue weighted by molar-refractivity contribution is 7.80. The maximum Gasteiger partial charge on any atom is 0.224 e. The molecule has 0 fully saturated rings. The molecule has 0 saturated heterocycles. The molecule has 0 unspecified atom stereocenters. The van der Waals surface area contributed by atoms with Gasteiger partial charge in [0.25, 0.3) is 0 Å². The van der Waals surface area contributed by atoms with E-state index in [2.05, 4.69) is 5.32 Å². The molecule has 0 aliphatic rings. The molecule has 0 bridgehead atoms. The van der Waals surface area contributed by atoms with Crippen LogP contribution < -0.4 is 10.1 Å². The number of carbonyl (C=O) groups excluding carboxylic acids is 1. The molecule has 1 amide bonds. The van der Waals surface area contributed by atoms with Crippen LogP contribution in [0.15, 0.2) is 36.4 Å². The summed E-state index contributed by atoms with van der Waals surface area (Å²) in [6.45, 7) is 6.73. The number of halogens is 1. The molecule has 0 saturated carbocycles. The van der Waals surface area contributed by atoms with E-state index in [0.29, 0.717) is 22.3 Å². The average molecular weight is 429 g/mol. The lowest BCUT2D eigenvalue weighted by atomic mass is 10.1. The van der Waals surface area contributed by atoms with Crippen LogP contribution in [0.4, 0.5) is 0 Å². The van der Waals surface area contributed by atoms with E-state index >= 15 is 0 Å². The van der Waals surface area contributed by atoms with E-state index in [0.717, 1.165) is 34.1 Å². The Morgan fingerprint density at radius 3 is 2.52 bits per heavy atom. The number of hydrogen-bond donors (Lipinski definition) is 1. The van der Waals surface area contributed by atoms with Crippen molar-refractivity contribution in [3.8, 4) is 5.75 Å². The Hall–Kier alpha value is -2.37. The molecule has 0 aliphatic carbocycles. The number of hydrogen-bond acceptors (Lipinski definition) is 3. The van der Waals surface area contributed by atoms with E-state index in [1.807, 2.05) is 61.7 Å². The Morgan fingerprint density at radius 1 is 1.21 bits per heavy atom. The number of thiocarbonyl (C=S) groups is 1. The van der Waals surface area contributed by atoms with Gasteiger partial charge in [0.1, 0.15) is 10.7 Å². The molecule has 0 radical (unpaired) electrons. The SMILES string of the molecule is CCCNC(=O)Cc1c(C)n(C(=S)c2ccc(C)cc2)c2cc(Cl)c(OC)cc12. The molecule has 0 spiro atoms. The topological polar surface area (TPSA) is 43.3 Å². The van der Waals surface area contributed by atoms with Gasteiger partial charge in [0, 0.05) is 23.2 Å². The van der Waals surface area contributed by atoms with Gasteiger partial charge in [-0.1, -0.05) is 60.6 Å². The van der Waals surface area contributed by atoms with Crippen molar-refractivity contribution >= 4 is 45.6 Å². The van der Waals surface area contributed by atoms with Crippen molar-refractivity contribution in [2.75, 3.05) is 13.7 Å². The van der Waals surface area contributed by atoms with Crippen LogP contribution in [0, 0.1) is 13.8 Å². The standard InChI is InChI=1S/C23H25ClN2O2S/c1-5-10-25-22(27)12-17-15(3)26(23(29)16-8-6-14(2)7-9-16)20-13-19(24)21(28-4)11-18(17)20/h6-9,11,13H,5,10,12H2,1-4H3,(H,25,27). The fourth-order valence-electron chi connectivity index (χ4n) is 3.43. The van der Waals surface area contributed by atoms with E-state index < -0.39 is 0 Å². The van der Waals surface area contributed by atoms with Crippen molar-refractivity contribution in [1.82, 2.24) is 9.88 Å². The van der Waals surface area contributed by atoms with Crippen molar-refractivity contribution in [2.45, 2.75) is 33.6 Å². The summed E-state index contributed by atoms with van der Waals surface area (Å²) in [6.07, 6.45) is 1.17. The molecule has 29 heavy (non-hydrogen) atoms. The minimum atomic E-state index is -0.0100. The van der Waals surface area contributed by atoms with Crippen LogP contribution in [0.25, 0.3) is 10.9 Å². The van der Waals surface area contributed by atoms with Crippen LogP contribution in [0.2, 0.25) is 5.02 Å². The number of amides is 1. The largest absolute Gasteiger partial charge is 0.495 e.